The first-order valence-electron chi connectivity index (χ1n) is 11.8. The first kappa shape index (κ1) is 32.6. The summed E-state index contributed by atoms with van der Waals surface area (Å²) >= 11 is 0. The van der Waals surface area contributed by atoms with Gasteiger partial charge >= 0.3 is 11.9 Å². The Morgan fingerprint density at radius 3 is 2.03 bits per heavy atom. The second-order valence-electron chi connectivity index (χ2n) is 8.71. The van der Waals surface area contributed by atoms with Crippen molar-refractivity contribution in [1.82, 2.24) is 16.0 Å². The molecule has 0 aliphatic heterocycles. The number of nitrogens with zero attached hydrogens (tertiary/aromatic N) is 1. The largest absolute Gasteiger partial charge is 0.508 e. The summed E-state index contributed by atoms with van der Waals surface area (Å²) in [5.74, 6) is -6.07. The van der Waals surface area contributed by atoms with Gasteiger partial charge in [0.15, 0.2) is 5.96 Å². The topological polar surface area (TPSA) is 293 Å². The lowest BCUT2D eigenvalue weighted by Gasteiger charge is -2.26. The lowest BCUT2D eigenvalue weighted by atomic mass is 10.0. The van der Waals surface area contributed by atoms with Gasteiger partial charge in [-0.15, -0.1) is 0 Å². The van der Waals surface area contributed by atoms with E-state index in [1.54, 1.807) is 0 Å². The van der Waals surface area contributed by atoms with Crippen LogP contribution in [0.5, 0.6) is 5.75 Å². The lowest BCUT2D eigenvalue weighted by molar-refractivity contribution is -0.147. The molecular formula is C23H35N7O9. The number of aliphatic imine (C=N–C) groups is 1. The molecule has 39 heavy (non-hydrogen) atoms. The number of benzene rings is 1. The van der Waals surface area contributed by atoms with Crippen LogP contribution in [0.3, 0.4) is 0 Å². The Labute approximate surface area is 223 Å². The average molecular weight is 554 g/mol. The van der Waals surface area contributed by atoms with Crippen molar-refractivity contribution in [1.29, 1.82) is 0 Å². The van der Waals surface area contributed by atoms with E-state index in [0.29, 0.717) is 12.0 Å². The lowest BCUT2D eigenvalue weighted by Crippen LogP contribution is -2.60. The maximum Gasteiger partial charge on any atom is 0.326 e. The molecule has 0 aliphatic carbocycles. The van der Waals surface area contributed by atoms with Gasteiger partial charge in [-0.2, -0.15) is 0 Å². The second kappa shape index (κ2) is 15.7. The standard InChI is InChI=1S/C23H35N7O9/c1-11(31)18(30-19(35)14(24)3-2-8-27-23(25)26)21(37)28-15(9-12-4-6-13(32)7-5-12)20(36)29-16(22(38)39)10-17(33)34/h4-7,11,14-16,18,31-32H,2-3,8-10,24H2,1H3,(H,28,37)(H,29,36)(H,30,35)(H,33,34)(H,38,39)(H4,25,26,27). The smallest absolute Gasteiger partial charge is 0.326 e. The van der Waals surface area contributed by atoms with Gasteiger partial charge in [0.1, 0.15) is 23.9 Å². The molecule has 0 fully saturated rings. The summed E-state index contributed by atoms with van der Waals surface area (Å²) in [7, 11) is 0. The molecule has 0 saturated carbocycles. The van der Waals surface area contributed by atoms with Crippen molar-refractivity contribution in [3.05, 3.63) is 29.8 Å². The van der Waals surface area contributed by atoms with Gasteiger partial charge in [0.25, 0.3) is 0 Å². The Balaban J connectivity index is 3.05. The highest BCUT2D eigenvalue weighted by Gasteiger charge is 2.33. The maximum atomic E-state index is 13.0. The SMILES string of the molecule is CC(O)C(NC(=O)C(N)CCCN=C(N)N)C(=O)NC(Cc1ccc(O)cc1)C(=O)NC(CC(=O)O)C(=O)O. The third kappa shape index (κ3) is 12.1. The number of rotatable bonds is 16. The average Bonchev–Trinajstić information content (AvgIpc) is 2.84. The summed E-state index contributed by atoms with van der Waals surface area (Å²) in [6.07, 6.45) is -2.05. The molecule has 16 nitrogen and oxygen atoms in total. The van der Waals surface area contributed by atoms with Crippen LogP contribution in [0.1, 0.15) is 31.7 Å². The van der Waals surface area contributed by atoms with Crippen LogP contribution in [0.15, 0.2) is 29.3 Å². The highest BCUT2D eigenvalue weighted by atomic mass is 16.4. The van der Waals surface area contributed by atoms with E-state index in [4.69, 9.17) is 22.3 Å². The molecule has 0 radical (unpaired) electrons. The fraction of sp³-hybridized carbons (Fsp3) is 0.478. The van der Waals surface area contributed by atoms with Crippen LogP contribution in [-0.4, -0.2) is 92.9 Å². The van der Waals surface area contributed by atoms with E-state index >= 15 is 0 Å². The molecule has 0 saturated heterocycles. The normalized spacial score (nSPS) is 14.5. The highest BCUT2D eigenvalue weighted by Crippen LogP contribution is 2.12. The molecule has 5 unspecified atom stereocenters. The molecule has 0 aromatic heterocycles. The van der Waals surface area contributed by atoms with Gasteiger partial charge in [0, 0.05) is 13.0 Å². The van der Waals surface area contributed by atoms with Gasteiger partial charge in [-0.3, -0.25) is 24.2 Å². The van der Waals surface area contributed by atoms with Crippen LogP contribution in [0.4, 0.5) is 0 Å². The Morgan fingerprint density at radius 2 is 1.51 bits per heavy atom. The van der Waals surface area contributed by atoms with E-state index in [0.717, 1.165) is 0 Å². The van der Waals surface area contributed by atoms with E-state index in [1.165, 1.54) is 31.2 Å². The van der Waals surface area contributed by atoms with Crippen molar-refractivity contribution < 1.29 is 44.4 Å². The van der Waals surface area contributed by atoms with Gasteiger partial charge in [0.2, 0.25) is 17.7 Å². The number of hydrogen-bond donors (Lipinski definition) is 10. The first-order valence-corrected chi connectivity index (χ1v) is 11.8. The predicted octanol–water partition coefficient (Wildman–Crippen LogP) is -3.29. The van der Waals surface area contributed by atoms with Crippen molar-refractivity contribution in [3.8, 4) is 5.75 Å². The Hall–Kier alpha value is -4.44. The van der Waals surface area contributed by atoms with Crippen LogP contribution in [0, 0.1) is 0 Å². The zero-order chi connectivity index (χ0) is 29.7. The fourth-order valence-corrected chi connectivity index (χ4v) is 3.30. The Morgan fingerprint density at radius 1 is 0.923 bits per heavy atom. The minimum Gasteiger partial charge on any atom is -0.508 e. The number of guanidine groups is 1. The zero-order valence-electron chi connectivity index (χ0n) is 21.2. The molecule has 3 amide bonds. The van der Waals surface area contributed by atoms with Crippen molar-refractivity contribution in [2.24, 2.45) is 22.2 Å². The van der Waals surface area contributed by atoms with E-state index in [9.17, 15) is 39.3 Å². The number of nitrogens with one attached hydrogen (secondary N) is 3. The van der Waals surface area contributed by atoms with Gasteiger partial charge in [-0.25, -0.2) is 4.79 Å². The fourth-order valence-electron chi connectivity index (χ4n) is 3.30. The number of aliphatic carboxylic acids is 2. The number of aromatic hydroxyl groups is 1. The third-order valence-electron chi connectivity index (χ3n) is 5.37. The van der Waals surface area contributed by atoms with Crippen molar-refractivity contribution >= 4 is 35.6 Å². The van der Waals surface area contributed by atoms with Crippen LogP contribution < -0.4 is 33.2 Å². The molecule has 16 heteroatoms. The van der Waals surface area contributed by atoms with Gasteiger partial charge in [0.05, 0.1) is 18.6 Å². The van der Waals surface area contributed by atoms with Crippen LogP contribution >= 0.6 is 0 Å². The predicted molar refractivity (Wildman–Crippen MR) is 137 cm³/mol. The number of hydrogen-bond acceptors (Lipinski definition) is 9. The third-order valence-corrected chi connectivity index (χ3v) is 5.37. The number of aliphatic hydroxyl groups is 1. The molecule has 1 aromatic rings. The maximum absolute atomic E-state index is 13.0. The number of carbonyl (C=O) groups excluding carboxylic acids is 3. The van der Waals surface area contributed by atoms with E-state index in [-0.39, 0.29) is 31.1 Å². The molecule has 0 bridgehead atoms. The number of amides is 3. The Kier molecular flexibility index (Phi) is 13.1. The molecule has 0 aliphatic rings. The number of phenolic OH excluding ortho intramolecular Hbond substituents is 1. The molecule has 1 aromatic carbocycles. The summed E-state index contributed by atoms with van der Waals surface area (Å²) in [4.78, 5) is 64.7. The van der Waals surface area contributed by atoms with Crippen molar-refractivity contribution in [2.75, 3.05) is 6.54 Å². The number of aliphatic hydroxyl groups excluding tert-OH is 1. The quantitative estimate of drug-likeness (QED) is 0.0547. The molecule has 0 heterocycles. The molecule has 216 valence electrons. The van der Waals surface area contributed by atoms with Crippen molar-refractivity contribution in [2.45, 2.75) is 62.9 Å². The summed E-state index contributed by atoms with van der Waals surface area (Å²) in [6, 6.07) is -0.329. The van der Waals surface area contributed by atoms with Gasteiger partial charge < -0.3 is 53.6 Å². The number of carbonyl (C=O) groups is 5. The number of carboxylic acid groups (broad SMARTS) is 2. The second-order valence-corrected chi connectivity index (χ2v) is 8.71. The van der Waals surface area contributed by atoms with Crippen LogP contribution in [0.2, 0.25) is 0 Å². The minimum atomic E-state index is -1.79. The number of carboxylic acids is 2. The molecule has 1 rings (SSSR count). The van der Waals surface area contributed by atoms with Gasteiger partial charge in [-0.05, 0) is 37.5 Å². The minimum absolute atomic E-state index is 0.0669. The van der Waals surface area contributed by atoms with Gasteiger partial charge in [-0.1, -0.05) is 12.1 Å². The summed E-state index contributed by atoms with van der Waals surface area (Å²) in [6.45, 7) is 1.44. The zero-order valence-corrected chi connectivity index (χ0v) is 21.2. The first-order chi connectivity index (χ1) is 18.2. The van der Waals surface area contributed by atoms with E-state index in [1.807, 2.05) is 0 Å². The molecular weight excluding hydrogens is 518 g/mol. The Bertz CT molecular complexity index is 1040. The number of phenols is 1. The molecule has 13 N–H and O–H groups in total. The highest BCUT2D eigenvalue weighted by molar-refractivity contribution is 5.95. The number of nitrogens with two attached hydrogens (primary N) is 3. The molecule has 0 spiro atoms. The van der Waals surface area contributed by atoms with Crippen molar-refractivity contribution in [3.63, 3.8) is 0 Å². The van der Waals surface area contributed by atoms with E-state index < -0.39 is 66.4 Å². The monoisotopic (exact) mass is 553 g/mol. The van der Waals surface area contributed by atoms with E-state index in [2.05, 4.69) is 20.9 Å². The summed E-state index contributed by atoms with van der Waals surface area (Å²) < 4.78 is 0. The summed E-state index contributed by atoms with van der Waals surface area (Å²) in [5, 5.41) is 44.6. The van der Waals surface area contributed by atoms with Crippen LogP contribution in [-0.2, 0) is 30.4 Å². The molecule has 5 atom stereocenters. The summed E-state index contributed by atoms with van der Waals surface area (Å²) in [5.41, 5.74) is 16.7. The van der Waals surface area contributed by atoms with Crippen LogP contribution in [0.25, 0.3) is 0 Å².